The predicted molar refractivity (Wildman–Crippen MR) is 86.5 cm³/mol. The maximum Gasteiger partial charge on any atom is 0.0948 e. The number of rotatable bonds is 6. The molecule has 2 rings (SSSR count). The van der Waals surface area contributed by atoms with Gasteiger partial charge in [0.15, 0.2) is 0 Å². The van der Waals surface area contributed by atoms with Crippen LogP contribution in [-0.4, -0.2) is 42.9 Å². The Labute approximate surface area is 128 Å². The fourth-order valence-electron chi connectivity index (χ4n) is 3.47. The summed E-state index contributed by atoms with van der Waals surface area (Å²) in [6.45, 7) is 9.32. The number of methoxy groups -OCH3 is 1. The lowest BCUT2D eigenvalue weighted by atomic mass is 9.78. The zero-order chi connectivity index (χ0) is 15.4. The van der Waals surface area contributed by atoms with E-state index in [9.17, 15) is 5.11 Å². The highest BCUT2D eigenvalue weighted by Gasteiger charge is 2.35. The molecule has 0 saturated carbocycles. The van der Waals surface area contributed by atoms with E-state index >= 15 is 0 Å². The monoisotopic (exact) mass is 291 g/mol. The number of nitrogens with zero attached hydrogens (tertiary/aromatic N) is 1. The minimum absolute atomic E-state index is 0.187. The molecule has 3 nitrogen and oxygen atoms in total. The van der Waals surface area contributed by atoms with Crippen LogP contribution in [0.25, 0.3) is 0 Å². The molecule has 0 amide bonds. The highest BCUT2D eigenvalue weighted by Crippen LogP contribution is 2.39. The van der Waals surface area contributed by atoms with Crippen molar-refractivity contribution in [2.75, 3.05) is 26.8 Å². The molecule has 3 unspecified atom stereocenters. The van der Waals surface area contributed by atoms with Gasteiger partial charge in [0.25, 0.3) is 0 Å². The molecule has 1 aliphatic carbocycles. The van der Waals surface area contributed by atoms with Gasteiger partial charge in [-0.05, 0) is 29.4 Å². The first kappa shape index (κ1) is 16.5. The van der Waals surface area contributed by atoms with Gasteiger partial charge in [0.05, 0.1) is 12.7 Å². The average molecular weight is 291 g/mol. The van der Waals surface area contributed by atoms with Crippen LogP contribution < -0.4 is 0 Å². The molecule has 1 aromatic rings. The van der Waals surface area contributed by atoms with E-state index in [0.29, 0.717) is 18.4 Å². The lowest BCUT2D eigenvalue weighted by molar-refractivity contribution is 0.0127. The molecule has 0 aromatic heterocycles. The molecule has 3 heteroatoms. The molecule has 0 spiro atoms. The minimum atomic E-state index is -0.395. The standard InChI is InChI=1S/C18H29NO2/c1-13(2)12-19(9-10-21-4)17-11-14(3)15-7-5-6-8-16(15)18(17)20/h5-8,13-14,17-18,20H,9-12H2,1-4H3. The minimum Gasteiger partial charge on any atom is -0.387 e. The molecular weight excluding hydrogens is 262 g/mol. The van der Waals surface area contributed by atoms with E-state index in [1.54, 1.807) is 7.11 Å². The van der Waals surface area contributed by atoms with E-state index in [4.69, 9.17) is 4.74 Å². The maximum absolute atomic E-state index is 10.8. The molecule has 1 aromatic carbocycles. The van der Waals surface area contributed by atoms with Crippen LogP contribution in [-0.2, 0) is 4.74 Å². The van der Waals surface area contributed by atoms with E-state index in [2.05, 4.69) is 43.9 Å². The van der Waals surface area contributed by atoms with Crippen molar-refractivity contribution in [1.82, 2.24) is 4.90 Å². The molecule has 118 valence electrons. The summed E-state index contributed by atoms with van der Waals surface area (Å²) < 4.78 is 5.25. The highest BCUT2D eigenvalue weighted by atomic mass is 16.5. The van der Waals surface area contributed by atoms with Gasteiger partial charge in [0, 0.05) is 26.2 Å². The van der Waals surface area contributed by atoms with Crippen molar-refractivity contribution in [3.63, 3.8) is 0 Å². The lowest BCUT2D eigenvalue weighted by Gasteiger charge is -2.41. The third-order valence-electron chi connectivity index (χ3n) is 4.46. The van der Waals surface area contributed by atoms with Gasteiger partial charge < -0.3 is 9.84 Å². The van der Waals surface area contributed by atoms with Gasteiger partial charge in [-0.2, -0.15) is 0 Å². The highest BCUT2D eigenvalue weighted by molar-refractivity contribution is 5.35. The molecule has 0 saturated heterocycles. The van der Waals surface area contributed by atoms with Crippen LogP contribution in [0.2, 0.25) is 0 Å². The van der Waals surface area contributed by atoms with Gasteiger partial charge >= 0.3 is 0 Å². The number of benzene rings is 1. The topological polar surface area (TPSA) is 32.7 Å². The summed E-state index contributed by atoms with van der Waals surface area (Å²) in [5.41, 5.74) is 2.41. The van der Waals surface area contributed by atoms with Gasteiger partial charge in [-0.25, -0.2) is 0 Å². The van der Waals surface area contributed by atoms with Crippen molar-refractivity contribution < 1.29 is 9.84 Å². The molecule has 3 atom stereocenters. The van der Waals surface area contributed by atoms with E-state index in [1.807, 2.05) is 6.07 Å². The Morgan fingerprint density at radius 1 is 1.29 bits per heavy atom. The summed E-state index contributed by atoms with van der Waals surface area (Å²) in [5.74, 6) is 1.08. The molecule has 1 aliphatic rings. The fourth-order valence-corrected chi connectivity index (χ4v) is 3.47. The van der Waals surface area contributed by atoms with Crippen LogP contribution >= 0.6 is 0 Å². The summed E-state index contributed by atoms with van der Waals surface area (Å²) in [6.07, 6.45) is 0.613. The second-order valence-electron chi connectivity index (χ2n) is 6.66. The number of aliphatic hydroxyl groups is 1. The Balaban J connectivity index is 2.21. The summed E-state index contributed by atoms with van der Waals surface area (Å²) >= 11 is 0. The van der Waals surface area contributed by atoms with Crippen LogP contribution in [0.15, 0.2) is 24.3 Å². The van der Waals surface area contributed by atoms with E-state index < -0.39 is 6.10 Å². The summed E-state index contributed by atoms with van der Waals surface area (Å²) in [7, 11) is 1.74. The third-order valence-corrected chi connectivity index (χ3v) is 4.46. The van der Waals surface area contributed by atoms with Crippen LogP contribution in [0.3, 0.4) is 0 Å². The third kappa shape index (κ3) is 3.85. The zero-order valence-electron chi connectivity index (χ0n) is 13.7. The molecule has 0 radical (unpaired) electrons. The summed E-state index contributed by atoms with van der Waals surface area (Å²) in [6, 6.07) is 8.51. The first-order valence-corrected chi connectivity index (χ1v) is 8.04. The Morgan fingerprint density at radius 2 is 1.95 bits per heavy atom. The molecule has 21 heavy (non-hydrogen) atoms. The maximum atomic E-state index is 10.8. The van der Waals surface area contributed by atoms with Crippen molar-refractivity contribution in [2.45, 2.75) is 45.3 Å². The molecule has 0 aliphatic heterocycles. The van der Waals surface area contributed by atoms with Gasteiger partial charge in [0.1, 0.15) is 0 Å². The van der Waals surface area contributed by atoms with Crippen molar-refractivity contribution in [3.8, 4) is 0 Å². The number of ether oxygens (including phenoxy) is 1. The van der Waals surface area contributed by atoms with Crippen molar-refractivity contribution in [1.29, 1.82) is 0 Å². The Hall–Kier alpha value is -0.900. The molecular formula is C18H29NO2. The predicted octanol–water partition coefficient (Wildman–Crippen LogP) is 3.20. The zero-order valence-corrected chi connectivity index (χ0v) is 13.7. The van der Waals surface area contributed by atoms with Gasteiger partial charge in [-0.3, -0.25) is 4.90 Å². The molecule has 0 bridgehead atoms. The Morgan fingerprint density at radius 3 is 2.57 bits per heavy atom. The van der Waals surface area contributed by atoms with Gasteiger partial charge in [0.2, 0.25) is 0 Å². The van der Waals surface area contributed by atoms with Crippen molar-refractivity contribution >= 4 is 0 Å². The number of aliphatic hydroxyl groups excluding tert-OH is 1. The largest absolute Gasteiger partial charge is 0.387 e. The van der Waals surface area contributed by atoms with Crippen LogP contribution in [0, 0.1) is 5.92 Å². The van der Waals surface area contributed by atoms with Crippen LogP contribution in [0.1, 0.15) is 50.3 Å². The fraction of sp³-hybridized carbons (Fsp3) is 0.667. The van der Waals surface area contributed by atoms with E-state index in [-0.39, 0.29) is 6.04 Å². The molecule has 0 fully saturated rings. The Kier molecular flexibility index (Phi) is 5.80. The summed E-state index contributed by atoms with van der Waals surface area (Å²) in [5, 5.41) is 10.8. The van der Waals surface area contributed by atoms with Crippen molar-refractivity contribution in [2.24, 2.45) is 5.92 Å². The first-order chi connectivity index (χ1) is 10.0. The Bertz CT molecular complexity index is 447. The number of hydrogen-bond donors (Lipinski definition) is 1. The average Bonchev–Trinajstić information content (AvgIpc) is 2.47. The lowest BCUT2D eigenvalue weighted by Crippen LogP contribution is -2.46. The van der Waals surface area contributed by atoms with Gasteiger partial charge in [-0.15, -0.1) is 0 Å². The SMILES string of the molecule is COCCN(CC(C)C)C1CC(C)c2ccccc2C1O. The second-order valence-corrected chi connectivity index (χ2v) is 6.66. The molecule has 1 N–H and O–H groups in total. The van der Waals surface area contributed by atoms with Crippen molar-refractivity contribution in [3.05, 3.63) is 35.4 Å². The van der Waals surface area contributed by atoms with E-state index in [1.165, 1.54) is 5.56 Å². The van der Waals surface area contributed by atoms with Crippen LogP contribution in [0.5, 0.6) is 0 Å². The van der Waals surface area contributed by atoms with E-state index in [0.717, 1.165) is 25.1 Å². The number of fused-ring (bicyclic) bond motifs is 1. The smallest absolute Gasteiger partial charge is 0.0948 e. The molecule has 0 heterocycles. The normalized spacial score (nSPS) is 25.4. The first-order valence-electron chi connectivity index (χ1n) is 8.04. The van der Waals surface area contributed by atoms with Gasteiger partial charge in [-0.1, -0.05) is 45.0 Å². The summed E-state index contributed by atoms with van der Waals surface area (Å²) in [4.78, 5) is 2.41. The quantitative estimate of drug-likeness (QED) is 0.873. The number of hydrogen-bond acceptors (Lipinski definition) is 3. The second kappa shape index (κ2) is 7.39. The van der Waals surface area contributed by atoms with Crippen LogP contribution in [0.4, 0.5) is 0 Å².